The summed E-state index contributed by atoms with van der Waals surface area (Å²) in [6, 6.07) is 3.52. The molecule has 7 heteroatoms. The number of benzene rings is 1. The van der Waals surface area contributed by atoms with Gasteiger partial charge in [0.25, 0.3) is 0 Å². The lowest BCUT2D eigenvalue weighted by atomic mass is 9.92. The number of halogens is 1. The van der Waals surface area contributed by atoms with Crippen LogP contribution < -0.4 is 10.0 Å². The molecule has 0 amide bonds. The molecule has 2 atom stereocenters. The van der Waals surface area contributed by atoms with Crippen LogP contribution in [0.2, 0.25) is 0 Å². The van der Waals surface area contributed by atoms with Gasteiger partial charge in [0.15, 0.2) is 0 Å². The van der Waals surface area contributed by atoms with Crippen molar-refractivity contribution in [2.75, 3.05) is 12.4 Å². The minimum atomic E-state index is -3.65. The molecule has 1 aliphatic carbocycles. The van der Waals surface area contributed by atoms with Gasteiger partial charge in [-0.05, 0) is 38.1 Å². The van der Waals surface area contributed by atoms with Crippen molar-refractivity contribution in [1.82, 2.24) is 4.72 Å². The molecule has 20 heavy (non-hydrogen) atoms. The maximum absolute atomic E-state index is 14.0. The number of nitrogens with one attached hydrogen (secondary N) is 2. The van der Waals surface area contributed by atoms with Gasteiger partial charge in [-0.25, -0.2) is 17.5 Å². The van der Waals surface area contributed by atoms with E-state index in [2.05, 4.69) is 10.0 Å². The molecule has 0 saturated heterocycles. The first-order valence-corrected chi connectivity index (χ1v) is 8.10. The molecule has 1 fully saturated rings. The van der Waals surface area contributed by atoms with Gasteiger partial charge in [0.1, 0.15) is 5.82 Å². The molecule has 0 aromatic heterocycles. The van der Waals surface area contributed by atoms with Gasteiger partial charge in [-0.2, -0.15) is 0 Å². The Balaban J connectivity index is 2.18. The number of aliphatic hydroxyl groups excluding tert-OH is 1. The first kappa shape index (κ1) is 15.2. The van der Waals surface area contributed by atoms with Gasteiger partial charge >= 0.3 is 0 Å². The summed E-state index contributed by atoms with van der Waals surface area (Å²) in [7, 11) is -2.37. The molecule has 1 aromatic carbocycles. The van der Waals surface area contributed by atoms with Crippen LogP contribution >= 0.6 is 0 Å². The third-order valence-electron chi connectivity index (χ3n) is 3.59. The zero-order chi connectivity index (χ0) is 14.8. The standard InChI is InChI=1S/C13H19FN2O3S/c1-15-20(18,19)9-6-7-11(10(14)8-9)16-12-4-2-3-5-13(12)17/h6-8,12-13,15-17H,2-5H2,1H3/t12-,13-/m0/s1. The van der Waals surface area contributed by atoms with Crippen LogP contribution in [0.1, 0.15) is 25.7 Å². The molecule has 5 nitrogen and oxygen atoms in total. The lowest BCUT2D eigenvalue weighted by molar-refractivity contribution is 0.116. The smallest absolute Gasteiger partial charge is 0.240 e. The van der Waals surface area contributed by atoms with Gasteiger partial charge in [-0.15, -0.1) is 0 Å². The lowest BCUT2D eigenvalue weighted by Gasteiger charge is -2.29. The maximum atomic E-state index is 14.0. The second-order valence-corrected chi connectivity index (χ2v) is 6.84. The zero-order valence-corrected chi connectivity index (χ0v) is 12.1. The van der Waals surface area contributed by atoms with E-state index in [1.54, 1.807) is 0 Å². The van der Waals surface area contributed by atoms with Crippen LogP contribution in [0.25, 0.3) is 0 Å². The summed E-state index contributed by atoms with van der Waals surface area (Å²) in [4.78, 5) is -0.118. The Morgan fingerprint density at radius 2 is 2.00 bits per heavy atom. The summed E-state index contributed by atoms with van der Waals surface area (Å²) in [5, 5.41) is 12.8. The molecule has 0 bridgehead atoms. The van der Waals surface area contributed by atoms with Crippen LogP contribution in [-0.2, 0) is 10.0 Å². The Morgan fingerprint density at radius 1 is 1.30 bits per heavy atom. The van der Waals surface area contributed by atoms with Gasteiger partial charge in [0, 0.05) is 0 Å². The molecule has 0 aliphatic heterocycles. The molecule has 2 rings (SSSR count). The number of anilines is 1. The second kappa shape index (κ2) is 6.07. The molecular formula is C13H19FN2O3S. The fourth-order valence-electron chi connectivity index (χ4n) is 2.38. The van der Waals surface area contributed by atoms with E-state index < -0.39 is 21.9 Å². The van der Waals surface area contributed by atoms with E-state index in [0.717, 1.165) is 25.3 Å². The van der Waals surface area contributed by atoms with Crippen molar-refractivity contribution in [3.8, 4) is 0 Å². The average molecular weight is 302 g/mol. The molecule has 3 N–H and O–H groups in total. The quantitative estimate of drug-likeness (QED) is 0.786. The van der Waals surface area contributed by atoms with E-state index in [4.69, 9.17) is 0 Å². The highest BCUT2D eigenvalue weighted by Gasteiger charge is 2.24. The molecule has 1 aliphatic rings. The number of rotatable bonds is 4. The summed E-state index contributed by atoms with van der Waals surface area (Å²) < 4.78 is 39.2. The Morgan fingerprint density at radius 3 is 2.60 bits per heavy atom. The molecule has 0 heterocycles. The predicted octanol–water partition coefficient (Wildman–Crippen LogP) is 1.45. The Bertz CT molecular complexity index is 577. The number of aliphatic hydroxyl groups is 1. The highest BCUT2D eigenvalue weighted by atomic mass is 32.2. The number of hydrogen-bond donors (Lipinski definition) is 3. The van der Waals surface area contributed by atoms with E-state index in [9.17, 15) is 17.9 Å². The summed E-state index contributed by atoms with van der Waals surface area (Å²) >= 11 is 0. The summed E-state index contributed by atoms with van der Waals surface area (Å²) in [6.07, 6.45) is 2.94. The monoisotopic (exact) mass is 302 g/mol. The molecule has 112 valence electrons. The second-order valence-electron chi connectivity index (χ2n) is 4.95. The van der Waals surface area contributed by atoms with Crippen molar-refractivity contribution < 1.29 is 17.9 Å². The van der Waals surface area contributed by atoms with E-state index in [1.807, 2.05) is 0 Å². The first-order chi connectivity index (χ1) is 9.44. The van der Waals surface area contributed by atoms with Crippen LogP contribution in [0, 0.1) is 5.82 Å². The van der Waals surface area contributed by atoms with Gasteiger partial charge in [0.05, 0.1) is 22.7 Å². The molecule has 1 saturated carbocycles. The first-order valence-electron chi connectivity index (χ1n) is 6.62. The van der Waals surface area contributed by atoms with E-state index in [0.29, 0.717) is 6.42 Å². The zero-order valence-electron chi connectivity index (χ0n) is 11.3. The summed E-state index contributed by atoms with van der Waals surface area (Å²) in [5.74, 6) is -0.640. The Hall–Kier alpha value is -1.18. The van der Waals surface area contributed by atoms with Gasteiger partial charge in [-0.1, -0.05) is 12.8 Å². The van der Waals surface area contributed by atoms with Crippen molar-refractivity contribution in [2.24, 2.45) is 0 Å². The predicted molar refractivity (Wildman–Crippen MR) is 74.5 cm³/mol. The lowest BCUT2D eigenvalue weighted by Crippen LogP contribution is -2.36. The fraction of sp³-hybridized carbons (Fsp3) is 0.538. The minimum Gasteiger partial charge on any atom is -0.391 e. The van der Waals surface area contributed by atoms with E-state index in [-0.39, 0.29) is 16.6 Å². The van der Waals surface area contributed by atoms with Crippen molar-refractivity contribution >= 4 is 15.7 Å². The molecule has 0 unspecified atom stereocenters. The van der Waals surface area contributed by atoms with Crippen molar-refractivity contribution in [2.45, 2.75) is 42.7 Å². The Kier molecular flexibility index (Phi) is 4.62. The SMILES string of the molecule is CNS(=O)(=O)c1ccc(N[C@H]2CCCC[C@@H]2O)c(F)c1. The normalized spacial score (nSPS) is 23.6. The van der Waals surface area contributed by atoms with Crippen molar-refractivity contribution in [1.29, 1.82) is 0 Å². The molecule has 0 radical (unpaired) electrons. The van der Waals surface area contributed by atoms with Crippen LogP contribution in [0.15, 0.2) is 23.1 Å². The van der Waals surface area contributed by atoms with E-state index >= 15 is 0 Å². The topological polar surface area (TPSA) is 78.4 Å². The third-order valence-corrected chi connectivity index (χ3v) is 5.00. The van der Waals surface area contributed by atoms with Crippen LogP contribution in [0.4, 0.5) is 10.1 Å². The highest BCUT2D eigenvalue weighted by Crippen LogP contribution is 2.25. The highest BCUT2D eigenvalue weighted by molar-refractivity contribution is 7.89. The van der Waals surface area contributed by atoms with Crippen molar-refractivity contribution in [3.63, 3.8) is 0 Å². The minimum absolute atomic E-state index is 0.118. The van der Waals surface area contributed by atoms with E-state index in [1.165, 1.54) is 19.2 Å². The largest absolute Gasteiger partial charge is 0.391 e. The van der Waals surface area contributed by atoms with Crippen LogP contribution in [0.3, 0.4) is 0 Å². The maximum Gasteiger partial charge on any atom is 0.240 e. The van der Waals surface area contributed by atoms with Crippen LogP contribution in [-0.4, -0.2) is 32.7 Å². The van der Waals surface area contributed by atoms with Gasteiger partial charge in [-0.3, -0.25) is 0 Å². The summed E-state index contributed by atoms with van der Waals surface area (Å²) in [6.45, 7) is 0. The van der Waals surface area contributed by atoms with Gasteiger partial charge in [0.2, 0.25) is 10.0 Å². The third kappa shape index (κ3) is 3.28. The molecular weight excluding hydrogens is 283 g/mol. The molecule has 0 spiro atoms. The van der Waals surface area contributed by atoms with Gasteiger partial charge < -0.3 is 10.4 Å². The average Bonchev–Trinajstić information content (AvgIpc) is 2.43. The number of sulfonamides is 1. The fourth-order valence-corrected chi connectivity index (χ4v) is 3.12. The number of hydrogen-bond acceptors (Lipinski definition) is 4. The van der Waals surface area contributed by atoms with Crippen LogP contribution in [0.5, 0.6) is 0 Å². The Labute approximate surface area is 118 Å². The molecule has 1 aromatic rings. The summed E-state index contributed by atoms with van der Waals surface area (Å²) in [5.41, 5.74) is 0.214. The van der Waals surface area contributed by atoms with Crippen molar-refractivity contribution in [3.05, 3.63) is 24.0 Å².